The first kappa shape index (κ1) is 23.5. The molecule has 0 saturated carbocycles. The molecule has 0 aliphatic rings. The number of hydrogen-bond donors (Lipinski definition) is 5. The van der Waals surface area contributed by atoms with Crippen LogP contribution in [0, 0.1) is 5.92 Å². The topological polar surface area (TPSA) is 153 Å². The van der Waals surface area contributed by atoms with Gasteiger partial charge in [-0.3, -0.25) is 0 Å². The molecule has 0 unspecified atom stereocenters. The molecule has 1 aromatic carbocycles. The molecule has 1 rings (SSSR count). The van der Waals surface area contributed by atoms with Crippen LogP contribution < -0.4 is 9.46 Å². The number of methoxy groups -OCH3 is 1. The number of rotatable bonds is 11. The molecule has 154 valence electrons. The molecule has 0 spiro atoms. The Morgan fingerprint density at radius 3 is 2.30 bits per heavy atom. The summed E-state index contributed by atoms with van der Waals surface area (Å²) in [6.45, 7) is 3.08. The van der Waals surface area contributed by atoms with E-state index in [1.165, 1.54) is 19.2 Å². The van der Waals surface area contributed by atoms with Crippen LogP contribution in [0.1, 0.15) is 19.4 Å². The predicted octanol–water partition coefficient (Wildman–Crippen LogP) is -1.19. The second-order valence-corrected chi connectivity index (χ2v) is 8.28. The summed E-state index contributed by atoms with van der Waals surface area (Å²) in [5.74, 6) is 0.326. The SMILES string of the molecule is COc1ccc(CC(C)C)cc1S(=O)(=O)N[C@H](C=O)[C@@H](O)[C@H](O)[C@H](O)CO. The van der Waals surface area contributed by atoms with Gasteiger partial charge in [0.05, 0.1) is 13.7 Å². The van der Waals surface area contributed by atoms with Gasteiger partial charge in [-0.25, -0.2) is 8.42 Å². The van der Waals surface area contributed by atoms with E-state index in [1.807, 2.05) is 18.6 Å². The summed E-state index contributed by atoms with van der Waals surface area (Å²) in [4.78, 5) is 11.0. The Kier molecular flexibility index (Phi) is 8.79. The largest absolute Gasteiger partial charge is 0.495 e. The minimum atomic E-state index is -4.31. The van der Waals surface area contributed by atoms with Gasteiger partial charge in [0, 0.05) is 0 Å². The van der Waals surface area contributed by atoms with Crippen molar-refractivity contribution in [3.8, 4) is 5.75 Å². The van der Waals surface area contributed by atoms with Crippen molar-refractivity contribution >= 4 is 16.3 Å². The second kappa shape index (κ2) is 10.1. The lowest BCUT2D eigenvalue weighted by atomic mass is 10.0. The molecule has 0 aliphatic carbocycles. The number of carbonyl (C=O) groups excluding carboxylic acids is 1. The molecule has 0 bridgehead atoms. The molecule has 0 radical (unpaired) electrons. The van der Waals surface area contributed by atoms with Crippen LogP contribution in [-0.2, 0) is 21.2 Å². The van der Waals surface area contributed by atoms with Crippen LogP contribution in [-0.4, -0.2) is 73.2 Å². The minimum absolute atomic E-state index is 0.0464. The highest BCUT2D eigenvalue weighted by Gasteiger charge is 2.34. The number of hydrogen-bond acceptors (Lipinski definition) is 8. The Morgan fingerprint density at radius 2 is 1.81 bits per heavy atom. The van der Waals surface area contributed by atoms with E-state index in [4.69, 9.17) is 9.84 Å². The van der Waals surface area contributed by atoms with E-state index in [1.54, 1.807) is 6.07 Å². The van der Waals surface area contributed by atoms with Crippen molar-refractivity contribution in [1.82, 2.24) is 4.72 Å². The average Bonchev–Trinajstić information content (AvgIpc) is 2.63. The Hall–Kier alpha value is -1.56. The highest BCUT2D eigenvalue weighted by Crippen LogP contribution is 2.26. The van der Waals surface area contributed by atoms with Crippen molar-refractivity contribution in [2.45, 2.75) is 49.5 Å². The van der Waals surface area contributed by atoms with E-state index in [9.17, 15) is 28.5 Å². The summed E-state index contributed by atoms with van der Waals surface area (Å²) in [5, 5.41) is 37.9. The standard InChI is InChI=1S/C17H27NO8S/c1-10(2)6-11-4-5-14(26-3)15(7-11)27(24,25)18-12(8-19)16(22)17(23)13(21)9-20/h4-5,7-8,10,12-13,16-18,20-23H,6,9H2,1-3H3/t12-,13-,16-,17-/m1/s1. The van der Waals surface area contributed by atoms with E-state index < -0.39 is 41.0 Å². The fraction of sp³-hybridized carbons (Fsp3) is 0.588. The lowest BCUT2D eigenvalue weighted by Gasteiger charge is -2.26. The van der Waals surface area contributed by atoms with Gasteiger partial charge in [-0.1, -0.05) is 19.9 Å². The summed E-state index contributed by atoms with van der Waals surface area (Å²) in [7, 11) is -3.01. The van der Waals surface area contributed by atoms with Crippen molar-refractivity contribution in [3.05, 3.63) is 23.8 Å². The number of ether oxygens (including phenoxy) is 1. The van der Waals surface area contributed by atoms with Crippen LogP contribution >= 0.6 is 0 Å². The van der Waals surface area contributed by atoms with Gasteiger partial charge < -0.3 is 30.0 Å². The number of aliphatic hydroxyl groups is 4. The van der Waals surface area contributed by atoms with Gasteiger partial charge in [0.1, 0.15) is 41.3 Å². The summed E-state index contributed by atoms with van der Waals surface area (Å²) in [5.41, 5.74) is 0.741. The van der Waals surface area contributed by atoms with Crippen molar-refractivity contribution in [2.75, 3.05) is 13.7 Å². The highest BCUT2D eigenvalue weighted by molar-refractivity contribution is 7.89. The number of aliphatic hydroxyl groups excluding tert-OH is 4. The quantitative estimate of drug-likeness (QED) is 0.288. The van der Waals surface area contributed by atoms with Crippen molar-refractivity contribution in [3.63, 3.8) is 0 Å². The molecule has 9 nitrogen and oxygen atoms in total. The predicted molar refractivity (Wildman–Crippen MR) is 96.8 cm³/mol. The second-order valence-electron chi connectivity index (χ2n) is 6.60. The van der Waals surface area contributed by atoms with Gasteiger partial charge in [0.2, 0.25) is 10.0 Å². The summed E-state index contributed by atoms with van der Waals surface area (Å²) in [6, 6.07) is 2.88. The van der Waals surface area contributed by atoms with Crippen LogP contribution in [0.15, 0.2) is 23.1 Å². The fourth-order valence-corrected chi connectivity index (χ4v) is 3.90. The molecule has 1 aromatic rings. The summed E-state index contributed by atoms with van der Waals surface area (Å²) < 4.78 is 32.5. The Morgan fingerprint density at radius 1 is 1.19 bits per heavy atom. The molecule has 4 atom stereocenters. The maximum Gasteiger partial charge on any atom is 0.245 e. The molecular weight excluding hydrogens is 378 g/mol. The van der Waals surface area contributed by atoms with E-state index in [0.717, 1.165) is 5.56 Å². The zero-order valence-corrected chi connectivity index (χ0v) is 16.3. The van der Waals surface area contributed by atoms with Crippen LogP contribution in [0.2, 0.25) is 0 Å². The van der Waals surface area contributed by atoms with Gasteiger partial charge in [-0.15, -0.1) is 0 Å². The van der Waals surface area contributed by atoms with Gasteiger partial charge in [-0.2, -0.15) is 4.72 Å². The van der Waals surface area contributed by atoms with Crippen LogP contribution in [0.5, 0.6) is 5.75 Å². The zero-order valence-electron chi connectivity index (χ0n) is 15.4. The average molecular weight is 405 g/mol. The molecule has 0 heterocycles. The third kappa shape index (κ3) is 6.23. The molecular formula is C17H27NO8S. The lowest BCUT2D eigenvalue weighted by Crippen LogP contribution is -2.53. The van der Waals surface area contributed by atoms with E-state index in [0.29, 0.717) is 6.42 Å². The number of aldehydes is 1. The minimum Gasteiger partial charge on any atom is -0.495 e. The number of carbonyl (C=O) groups is 1. The Bertz CT molecular complexity index is 722. The summed E-state index contributed by atoms with van der Waals surface area (Å²) >= 11 is 0. The highest BCUT2D eigenvalue weighted by atomic mass is 32.2. The molecule has 0 amide bonds. The van der Waals surface area contributed by atoms with Crippen LogP contribution in [0.4, 0.5) is 0 Å². The van der Waals surface area contributed by atoms with Gasteiger partial charge in [-0.05, 0) is 30.0 Å². The zero-order chi connectivity index (χ0) is 20.8. The normalized spacial score (nSPS) is 16.6. The Balaban J connectivity index is 3.19. The lowest BCUT2D eigenvalue weighted by molar-refractivity contribution is -0.119. The van der Waals surface area contributed by atoms with E-state index in [-0.39, 0.29) is 22.8 Å². The number of nitrogens with one attached hydrogen (secondary N) is 1. The van der Waals surface area contributed by atoms with Gasteiger partial charge in [0.15, 0.2) is 0 Å². The number of benzene rings is 1. The molecule has 27 heavy (non-hydrogen) atoms. The first-order valence-electron chi connectivity index (χ1n) is 8.37. The molecule has 0 saturated heterocycles. The van der Waals surface area contributed by atoms with Gasteiger partial charge in [0.25, 0.3) is 0 Å². The Labute approximate surface area is 158 Å². The van der Waals surface area contributed by atoms with Crippen molar-refractivity contribution in [2.24, 2.45) is 5.92 Å². The first-order valence-corrected chi connectivity index (χ1v) is 9.85. The van der Waals surface area contributed by atoms with E-state index in [2.05, 4.69) is 0 Å². The monoisotopic (exact) mass is 405 g/mol. The maximum absolute atomic E-state index is 12.7. The third-order valence-corrected chi connectivity index (χ3v) is 5.38. The van der Waals surface area contributed by atoms with Gasteiger partial charge >= 0.3 is 0 Å². The third-order valence-electron chi connectivity index (χ3n) is 3.90. The number of sulfonamides is 1. The van der Waals surface area contributed by atoms with E-state index >= 15 is 0 Å². The summed E-state index contributed by atoms with van der Waals surface area (Å²) in [6.07, 6.45) is -4.92. The molecule has 0 aromatic heterocycles. The fourth-order valence-electron chi connectivity index (χ4n) is 2.50. The smallest absolute Gasteiger partial charge is 0.245 e. The maximum atomic E-state index is 12.7. The van der Waals surface area contributed by atoms with Crippen LogP contribution in [0.25, 0.3) is 0 Å². The van der Waals surface area contributed by atoms with Crippen LogP contribution in [0.3, 0.4) is 0 Å². The molecule has 10 heteroatoms. The molecule has 5 N–H and O–H groups in total. The molecule has 0 aliphatic heterocycles. The first-order chi connectivity index (χ1) is 12.6. The van der Waals surface area contributed by atoms with Crippen molar-refractivity contribution in [1.29, 1.82) is 0 Å². The molecule has 0 fully saturated rings. The van der Waals surface area contributed by atoms with Crippen molar-refractivity contribution < 1.29 is 38.4 Å².